The molecule has 0 saturated carbocycles. The molecule has 0 spiro atoms. The van der Waals surface area contributed by atoms with Crippen molar-refractivity contribution >= 4 is 0 Å². The van der Waals surface area contributed by atoms with Gasteiger partial charge in [-0.15, -0.1) is 0 Å². The number of rotatable bonds is 44. The van der Waals surface area contributed by atoms with Crippen LogP contribution in [0.4, 0.5) is 0 Å². The van der Waals surface area contributed by atoms with Gasteiger partial charge >= 0.3 is 0 Å². The van der Waals surface area contributed by atoms with Gasteiger partial charge in [-0.05, 0) is 259 Å². The molecule has 0 radical (unpaired) electrons. The lowest BCUT2D eigenvalue weighted by molar-refractivity contribution is 0.406. The number of unbranched alkanes of at least 4 members (excludes halogenated alkanes) is 12. The molecule has 9 nitrogen and oxygen atoms in total. The number of hydrogen-bond donors (Lipinski definition) is 9. The predicted molar refractivity (Wildman–Crippen MR) is 537 cm³/mol. The Morgan fingerprint density at radius 3 is 0.641 bits per heavy atom. The Balaban J connectivity index is 1.31. The van der Waals surface area contributed by atoms with E-state index in [0.717, 1.165) is 249 Å². The first-order chi connectivity index (χ1) is 60.3. The zero-order valence-corrected chi connectivity index (χ0v) is 82.9. The van der Waals surface area contributed by atoms with E-state index in [0.29, 0.717) is 33.4 Å². The van der Waals surface area contributed by atoms with Crippen LogP contribution in [0.3, 0.4) is 0 Å². The molecule has 690 valence electrons. The second kappa shape index (κ2) is 41.7. The minimum absolute atomic E-state index is 0.115. The zero-order chi connectivity index (χ0) is 94.0. The van der Waals surface area contributed by atoms with E-state index in [1.165, 1.54) is 0 Å². The maximum atomic E-state index is 13.6. The number of aromatic hydroxyl groups is 9. The van der Waals surface area contributed by atoms with Crippen LogP contribution in [-0.4, -0.2) is 46.0 Å². The van der Waals surface area contributed by atoms with Gasteiger partial charge < -0.3 is 46.0 Å². The highest BCUT2D eigenvalue weighted by atomic mass is 16.3. The first-order valence-electron chi connectivity index (χ1n) is 48.9. The second-order valence-electron chi connectivity index (χ2n) is 43.0. The second-order valence-corrected chi connectivity index (χ2v) is 43.0. The summed E-state index contributed by atoms with van der Waals surface area (Å²) in [6, 6.07) is 57.8. The van der Waals surface area contributed by atoms with Crippen LogP contribution in [0.15, 0.2) is 170 Å². The summed E-state index contributed by atoms with van der Waals surface area (Å²) in [4.78, 5) is 0. The fourth-order valence-corrected chi connectivity index (χ4v) is 20.9. The third-order valence-corrected chi connectivity index (χ3v) is 29.9. The van der Waals surface area contributed by atoms with E-state index in [-0.39, 0.29) is 51.7 Å². The van der Waals surface area contributed by atoms with Gasteiger partial charge in [0.2, 0.25) is 0 Å². The average Bonchev–Trinajstić information content (AvgIpc) is 0.725. The van der Waals surface area contributed by atoms with E-state index in [1.54, 1.807) is 0 Å². The van der Waals surface area contributed by atoms with E-state index in [2.05, 4.69) is 242 Å². The zero-order valence-electron chi connectivity index (χ0n) is 82.9. The third kappa shape index (κ3) is 22.2. The highest BCUT2D eigenvalue weighted by molar-refractivity contribution is 5.66. The molecule has 9 N–H and O–H groups in total. The van der Waals surface area contributed by atoms with E-state index < -0.39 is 61.1 Å². The molecular weight excluding hydrogens is 1570 g/mol. The van der Waals surface area contributed by atoms with Crippen LogP contribution < -0.4 is 0 Å². The van der Waals surface area contributed by atoms with Crippen LogP contribution in [0, 0.1) is 20.8 Å². The average molecular weight is 1730 g/mol. The third-order valence-electron chi connectivity index (χ3n) is 29.9. The topological polar surface area (TPSA) is 182 Å². The fourth-order valence-electron chi connectivity index (χ4n) is 20.9. The summed E-state index contributed by atoms with van der Waals surface area (Å²) in [5.41, 5.74) is 14.2. The maximum Gasteiger partial charge on any atom is 0.122 e. The Morgan fingerprint density at radius 2 is 0.422 bits per heavy atom. The van der Waals surface area contributed by atoms with Crippen molar-refractivity contribution in [1.29, 1.82) is 0 Å². The molecule has 0 aromatic heterocycles. The molecule has 0 aliphatic rings. The lowest BCUT2D eigenvalue weighted by Gasteiger charge is -2.37. The Morgan fingerprint density at radius 1 is 0.219 bits per heavy atom. The van der Waals surface area contributed by atoms with Crippen molar-refractivity contribution in [3.05, 3.63) is 298 Å². The summed E-state index contributed by atoms with van der Waals surface area (Å²) in [5, 5.41) is 113. The van der Waals surface area contributed by atoms with Gasteiger partial charge in [0.25, 0.3) is 0 Å². The van der Waals surface area contributed by atoms with Crippen molar-refractivity contribution in [2.75, 3.05) is 0 Å². The molecule has 0 fully saturated rings. The van der Waals surface area contributed by atoms with Crippen molar-refractivity contribution in [2.24, 2.45) is 0 Å². The lowest BCUT2D eigenvalue weighted by Crippen LogP contribution is -2.28. The number of hydrogen-bond acceptors (Lipinski definition) is 9. The fraction of sp³-hybridized carbons (Fsp3) is 0.496. The molecule has 0 aliphatic carbocycles. The SMILES string of the molecule is CCCCCC(C)(C)c1cc(C(c2ccc(O)c(C(C)(C)CCCCC)c2)c2cc(C(C)(C)c3cccc(C(C)(c4cc(C)c(O)c(C(c5ccc(O)c(C(C)(C)CCCCC)c5)c5ccc(O)c(C(C)(C)CCCCC)c5)c4)c4cc(C)c(O)c(C(c5ccc(O)c(C(C)(C)CCCCC)c5)c5ccc(O)c(C(C)(C)CCCCC)c5)c4)c3)cc(C)c2O)ccc1O. The van der Waals surface area contributed by atoms with Crippen molar-refractivity contribution in [1.82, 2.24) is 0 Å². The monoisotopic (exact) mass is 1730 g/mol. The smallest absolute Gasteiger partial charge is 0.122 e. The summed E-state index contributed by atoms with van der Waals surface area (Å²) < 4.78 is 0. The van der Waals surface area contributed by atoms with Gasteiger partial charge in [-0.3, -0.25) is 0 Å². The van der Waals surface area contributed by atoms with Crippen molar-refractivity contribution in [3.63, 3.8) is 0 Å². The molecule has 0 saturated heterocycles. The number of phenols is 9. The molecule has 10 aromatic carbocycles. The van der Waals surface area contributed by atoms with Crippen molar-refractivity contribution in [2.45, 2.75) is 381 Å². The molecule has 10 aromatic rings. The van der Waals surface area contributed by atoms with Crippen molar-refractivity contribution < 1.29 is 46.0 Å². The van der Waals surface area contributed by atoms with Crippen LogP contribution in [-0.2, 0) is 43.3 Å². The Labute approximate surface area is 772 Å². The predicted octanol–water partition coefficient (Wildman–Crippen LogP) is 32.3. The van der Waals surface area contributed by atoms with Gasteiger partial charge in [-0.1, -0.05) is 375 Å². The Bertz CT molecular complexity index is 5030. The number of benzene rings is 10. The summed E-state index contributed by atoms with van der Waals surface area (Å²) in [7, 11) is 0. The molecule has 0 atom stereocenters. The molecule has 0 amide bonds. The summed E-state index contributed by atoms with van der Waals surface area (Å²) in [5.74, 6) is -0.171. The first kappa shape index (κ1) is 101. The molecule has 0 unspecified atom stereocenters. The van der Waals surface area contributed by atoms with Gasteiger partial charge in [-0.2, -0.15) is 0 Å². The van der Waals surface area contributed by atoms with Crippen LogP contribution in [0.1, 0.15) is 445 Å². The van der Waals surface area contributed by atoms with E-state index >= 15 is 0 Å². The molecule has 0 heterocycles. The van der Waals surface area contributed by atoms with Gasteiger partial charge in [0, 0.05) is 45.3 Å². The molecule has 0 bridgehead atoms. The van der Waals surface area contributed by atoms with Crippen molar-refractivity contribution in [3.8, 4) is 51.7 Å². The summed E-state index contributed by atoms with van der Waals surface area (Å²) in [6.45, 7) is 52.6. The highest BCUT2D eigenvalue weighted by Gasteiger charge is 2.41. The minimum atomic E-state index is -1.17. The minimum Gasteiger partial charge on any atom is -0.508 e. The number of phenolic OH excluding ortho intramolecular Hbond substituents is 9. The lowest BCUT2D eigenvalue weighted by atomic mass is 9.66. The summed E-state index contributed by atoms with van der Waals surface area (Å²) >= 11 is 0. The molecule has 10 rings (SSSR count). The van der Waals surface area contributed by atoms with Gasteiger partial charge in [0.05, 0.1) is 0 Å². The van der Waals surface area contributed by atoms with E-state index in [1.807, 2.05) is 93.6 Å². The molecule has 0 aliphatic heterocycles. The Kier molecular flexibility index (Phi) is 32.7. The van der Waals surface area contributed by atoms with Gasteiger partial charge in [0.1, 0.15) is 51.7 Å². The quantitative estimate of drug-likeness (QED) is 0.0133. The van der Waals surface area contributed by atoms with Crippen LogP contribution in [0.2, 0.25) is 0 Å². The van der Waals surface area contributed by atoms with Crippen LogP contribution in [0.25, 0.3) is 0 Å². The van der Waals surface area contributed by atoms with Crippen LogP contribution in [0.5, 0.6) is 51.7 Å². The molecule has 9 heteroatoms. The summed E-state index contributed by atoms with van der Waals surface area (Å²) in [6.07, 6.45) is 23.9. The van der Waals surface area contributed by atoms with Gasteiger partial charge in [0.15, 0.2) is 0 Å². The largest absolute Gasteiger partial charge is 0.508 e. The standard InChI is InChI=1S/C119H160O9/c1-25-31-37-58-112(10,11)94-67-80(46-52-100(94)120)106(81-47-53-101(121)95(68-81)113(12,13)59-38-32-26-2)91-74-88(64-77(7)109(91)126)118(22,23)86-44-43-45-87(73-86)119(24,89-65-78(8)110(127)92(75-89)107(82-48-54-102(122)96(69-82)114(14,15)60-39-33-27-3)83-49-55-103(123)97(70-83)115(16,17)61-40-34-28-4)90-66-79(9)111(128)93(76-90)108(84-50-56-104(124)98(71-84)116(18,19)62-41-35-29-5)85-51-57-105(125)99(72-85)117(20,21)63-42-36-30-6/h43-57,64-76,106-108,120-128H,25-42,58-63H2,1-24H3. The van der Waals surface area contributed by atoms with Gasteiger partial charge in [-0.25, -0.2) is 0 Å². The maximum absolute atomic E-state index is 13.6. The highest BCUT2D eigenvalue weighted by Crippen LogP contribution is 2.55. The normalized spacial score (nSPS) is 12.8. The molecule has 128 heavy (non-hydrogen) atoms. The first-order valence-corrected chi connectivity index (χ1v) is 48.9. The van der Waals surface area contributed by atoms with E-state index in [9.17, 15) is 46.0 Å². The van der Waals surface area contributed by atoms with Crippen LogP contribution >= 0.6 is 0 Å². The van der Waals surface area contributed by atoms with E-state index in [4.69, 9.17) is 0 Å². The molecular formula is C119H160O9. The Hall–Kier alpha value is -9.60. The number of aryl methyl sites for hydroxylation is 3.